The van der Waals surface area contributed by atoms with E-state index in [2.05, 4.69) is 38.3 Å². The monoisotopic (exact) mass is 556 g/mol. The summed E-state index contributed by atoms with van der Waals surface area (Å²) in [6.07, 6.45) is 10.4. The predicted octanol–water partition coefficient (Wildman–Crippen LogP) is 5.79. The van der Waals surface area contributed by atoms with Gasteiger partial charge in [-0.05, 0) is 103 Å². The number of halogens is 1. The Morgan fingerprint density at radius 1 is 1.26 bits per heavy atom. The highest BCUT2D eigenvalue weighted by Crippen LogP contribution is 2.50. The Morgan fingerprint density at radius 3 is 2.86 bits per heavy atom. The van der Waals surface area contributed by atoms with E-state index in [1.165, 1.54) is 31.9 Å². The smallest absolute Gasteiger partial charge is 0.308 e. The number of likely N-dealkylation sites (tertiary alicyclic amines) is 1. The molecule has 1 amide bonds. The number of nitrogens with one attached hydrogen (secondary N) is 1. The van der Waals surface area contributed by atoms with Crippen LogP contribution in [0.2, 0.25) is 0 Å². The van der Waals surface area contributed by atoms with Gasteiger partial charge in [-0.3, -0.25) is 9.59 Å². The molecule has 1 aromatic carbocycles. The second-order valence-corrected chi connectivity index (χ2v) is 12.3. The first-order chi connectivity index (χ1) is 16.9. The minimum absolute atomic E-state index is 0.0191. The Bertz CT molecular complexity index is 1110. The van der Waals surface area contributed by atoms with Crippen LogP contribution in [0.25, 0.3) is 6.08 Å². The lowest BCUT2D eigenvalue weighted by Gasteiger charge is -2.53. The fourth-order valence-electron chi connectivity index (χ4n) is 6.03. The zero-order valence-electron chi connectivity index (χ0n) is 20.2. The highest BCUT2D eigenvalue weighted by atomic mass is 79.9. The number of fused-ring (bicyclic) bond motifs is 1. The molecule has 1 aliphatic heterocycles. The van der Waals surface area contributed by atoms with Crippen LogP contribution in [-0.4, -0.2) is 42.5 Å². The molecule has 2 aromatic rings. The number of carbonyl (C=O) groups is 2. The lowest BCUT2D eigenvalue weighted by Crippen LogP contribution is -2.56. The summed E-state index contributed by atoms with van der Waals surface area (Å²) in [7, 11) is 0. The van der Waals surface area contributed by atoms with E-state index in [1.54, 1.807) is 17.4 Å². The lowest BCUT2D eigenvalue weighted by atomic mass is 9.58. The van der Waals surface area contributed by atoms with Gasteiger partial charge in [0.05, 0.1) is 0 Å². The van der Waals surface area contributed by atoms with E-state index >= 15 is 0 Å². The molecule has 1 N–H and O–H groups in total. The number of piperidine rings is 1. The Labute approximate surface area is 220 Å². The summed E-state index contributed by atoms with van der Waals surface area (Å²) < 4.78 is 6.47. The SMILES string of the molecule is CC(=O)Oc1cccc([C@@]23CCN(CC4CC4)C[C@H]2CC[C@H](NC(=O)C=Cc2cc(Br)cs2)C3)c1. The van der Waals surface area contributed by atoms with E-state index in [0.717, 1.165) is 54.0 Å². The molecule has 2 aliphatic carbocycles. The zero-order chi connectivity index (χ0) is 24.4. The number of esters is 1. The summed E-state index contributed by atoms with van der Waals surface area (Å²) in [5, 5.41) is 5.31. The molecule has 0 spiro atoms. The van der Waals surface area contributed by atoms with Crippen molar-refractivity contribution in [3.05, 3.63) is 56.7 Å². The molecule has 0 unspecified atom stereocenters. The molecule has 3 aliphatic rings. The van der Waals surface area contributed by atoms with Crippen LogP contribution in [0.4, 0.5) is 0 Å². The Kier molecular flexibility index (Phi) is 7.47. The average molecular weight is 558 g/mol. The topological polar surface area (TPSA) is 58.6 Å². The van der Waals surface area contributed by atoms with Crippen LogP contribution in [0.5, 0.6) is 5.75 Å². The molecule has 0 bridgehead atoms. The summed E-state index contributed by atoms with van der Waals surface area (Å²) in [4.78, 5) is 28.1. The highest BCUT2D eigenvalue weighted by molar-refractivity contribution is 9.10. The van der Waals surface area contributed by atoms with Crippen molar-refractivity contribution >= 4 is 45.2 Å². The molecule has 7 heteroatoms. The zero-order valence-corrected chi connectivity index (χ0v) is 22.6. The third-order valence-electron chi connectivity index (χ3n) is 7.83. The van der Waals surface area contributed by atoms with E-state index in [0.29, 0.717) is 11.7 Å². The van der Waals surface area contributed by atoms with Crippen molar-refractivity contribution in [2.75, 3.05) is 19.6 Å². The number of hydrogen-bond donors (Lipinski definition) is 1. The molecule has 5 rings (SSSR count). The normalized spacial score (nSPS) is 26.9. The molecule has 35 heavy (non-hydrogen) atoms. The number of nitrogens with zero attached hydrogens (tertiary/aromatic N) is 1. The number of rotatable bonds is 7. The van der Waals surface area contributed by atoms with Gasteiger partial charge < -0.3 is 15.0 Å². The molecule has 1 aromatic heterocycles. The maximum Gasteiger partial charge on any atom is 0.308 e. The van der Waals surface area contributed by atoms with Crippen LogP contribution < -0.4 is 10.1 Å². The van der Waals surface area contributed by atoms with E-state index in [-0.39, 0.29) is 23.3 Å². The molecule has 5 nitrogen and oxygen atoms in total. The van der Waals surface area contributed by atoms with Gasteiger partial charge in [0.15, 0.2) is 0 Å². The molecule has 0 radical (unpaired) electrons. The van der Waals surface area contributed by atoms with E-state index in [1.807, 2.05) is 29.7 Å². The third kappa shape index (κ3) is 6.07. The Morgan fingerprint density at radius 2 is 2.11 bits per heavy atom. The van der Waals surface area contributed by atoms with Crippen molar-refractivity contribution in [2.24, 2.45) is 11.8 Å². The number of amides is 1. The van der Waals surface area contributed by atoms with Crippen LogP contribution in [0.15, 0.2) is 46.3 Å². The van der Waals surface area contributed by atoms with Crippen LogP contribution >= 0.6 is 27.3 Å². The largest absolute Gasteiger partial charge is 0.427 e. The van der Waals surface area contributed by atoms with Gasteiger partial charge in [0.2, 0.25) is 5.91 Å². The first-order valence-electron chi connectivity index (χ1n) is 12.6. The molecule has 2 saturated carbocycles. The van der Waals surface area contributed by atoms with Gasteiger partial charge in [0, 0.05) is 52.3 Å². The summed E-state index contributed by atoms with van der Waals surface area (Å²) in [6, 6.07) is 10.2. The fourth-order valence-corrected chi connectivity index (χ4v) is 7.37. The summed E-state index contributed by atoms with van der Waals surface area (Å²) in [5.41, 5.74) is 1.22. The van der Waals surface area contributed by atoms with Crippen molar-refractivity contribution in [2.45, 2.75) is 56.9 Å². The van der Waals surface area contributed by atoms with Crippen LogP contribution in [0.1, 0.15) is 55.9 Å². The third-order valence-corrected chi connectivity index (χ3v) is 9.48. The van der Waals surface area contributed by atoms with Gasteiger partial charge in [-0.25, -0.2) is 0 Å². The van der Waals surface area contributed by atoms with Crippen molar-refractivity contribution in [1.82, 2.24) is 10.2 Å². The molecule has 3 fully saturated rings. The molecule has 186 valence electrons. The Hall–Kier alpha value is -1.96. The lowest BCUT2D eigenvalue weighted by molar-refractivity contribution is -0.131. The number of benzene rings is 1. The summed E-state index contributed by atoms with van der Waals surface area (Å²) >= 11 is 5.07. The summed E-state index contributed by atoms with van der Waals surface area (Å²) in [6.45, 7) is 4.86. The maximum atomic E-state index is 12.8. The average Bonchev–Trinajstić information content (AvgIpc) is 3.55. The van der Waals surface area contributed by atoms with Gasteiger partial charge in [-0.2, -0.15) is 0 Å². The van der Waals surface area contributed by atoms with E-state index in [9.17, 15) is 9.59 Å². The fraction of sp³-hybridized carbons (Fsp3) is 0.500. The van der Waals surface area contributed by atoms with E-state index in [4.69, 9.17) is 4.74 Å². The number of carbonyl (C=O) groups excluding carboxylic acids is 2. The molecular weight excluding hydrogens is 524 g/mol. The van der Waals surface area contributed by atoms with Crippen LogP contribution in [0, 0.1) is 11.8 Å². The standard InChI is InChI=1S/C28H33BrN2O3S/c1-19(32)34-25-4-2-3-21(13-25)28-11-12-31(16-20-5-6-20)17-22(28)7-8-24(15-28)30-27(33)10-9-26-14-23(29)18-35-26/h2-4,9-10,13-14,18,20,22,24H,5-8,11-12,15-17H2,1H3,(H,30,33)/t22-,24+,28+/m1/s1. The number of hydrogen-bond acceptors (Lipinski definition) is 5. The molecule has 1 saturated heterocycles. The van der Waals surface area contributed by atoms with Crippen LogP contribution in [0.3, 0.4) is 0 Å². The predicted molar refractivity (Wildman–Crippen MR) is 144 cm³/mol. The highest BCUT2D eigenvalue weighted by Gasteiger charge is 2.48. The molecule has 2 heterocycles. The van der Waals surface area contributed by atoms with Gasteiger partial charge in [0.25, 0.3) is 0 Å². The molecular formula is C28H33BrN2O3S. The first kappa shape index (κ1) is 24.7. The van der Waals surface area contributed by atoms with Crippen molar-refractivity contribution in [1.29, 1.82) is 0 Å². The van der Waals surface area contributed by atoms with Gasteiger partial charge in [-0.15, -0.1) is 11.3 Å². The first-order valence-corrected chi connectivity index (χ1v) is 14.3. The van der Waals surface area contributed by atoms with Crippen LogP contribution in [-0.2, 0) is 15.0 Å². The quantitative estimate of drug-likeness (QED) is 0.266. The van der Waals surface area contributed by atoms with Gasteiger partial charge >= 0.3 is 5.97 Å². The van der Waals surface area contributed by atoms with Gasteiger partial charge in [0.1, 0.15) is 5.75 Å². The number of ether oxygens (including phenoxy) is 1. The van der Waals surface area contributed by atoms with Crippen molar-refractivity contribution in [3.63, 3.8) is 0 Å². The minimum Gasteiger partial charge on any atom is -0.427 e. The maximum absolute atomic E-state index is 12.8. The summed E-state index contributed by atoms with van der Waals surface area (Å²) in [5.74, 6) is 1.71. The second kappa shape index (κ2) is 10.6. The molecule has 3 atom stereocenters. The second-order valence-electron chi connectivity index (χ2n) is 10.4. The van der Waals surface area contributed by atoms with Crippen molar-refractivity contribution in [3.8, 4) is 5.75 Å². The Balaban J connectivity index is 1.34. The van der Waals surface area contributed by atoms with Crippen molar-refractivity contribution < 1.29 is 14.3 Å². The number of thiophene rings is 1. The van der Waals surface area contributed by atoms with E-state index < -0.39 is 0 Å². The van der Waals surface area contributed by atoms with Gasteiger partial charge in [-0.1, -0.05) is 12.1 Å². The minimum atomic E-state index is -0.297.